The molecule has 5 aromatic rings. The van der Waals surface area contributed by atoms with Gasteiger partial charge in [0.1, 0.15) is 35.0 Å². The molecule has 1 N–H and O–H groups in total. The number of nitrogens with zero attached hydrogens (tertiary/aromatic N) is 7. The number of anilines is 2. The van der Waals surface area contributed by atoms with E-state index in [1.54, 1.807) is 29.2 Å². The van der Waals surface area contributed by atoms with Crippen LogP contribution in [0.5, 0.6) is 5.75 Å². The largest absolute Gasteiger partial charge is 0.489 e. The van der Waals surface area contributed by atoms with Crippen LogP contribution < -0.4 is 10.1 Å². The minimum absolute atomic E-state index is 0.0208. The second-order valence-corrected chi connectivity index (χ2v) is 7.90. The molecule has 0 aliphatic carbocycles. The topological polar surface area (TPSA) is 95.6 Å². The van der Waals surface area contributed by atoms with E-state index in [1.807, 2.05) is 36.0 Å². The minimum Gasteiger partial charge on any atom is -0.489 e. The molecule has 0 amide bonds. The minimum atomic E-state index is -0.247. The molecule has 0 bridgehead atoms. The van der Waals surface area contributed by atoms with E-state index >= 15 is 0 Å². The molecule has 0 saturated carbocycles. The molecule has 9 nitrogen and oxygen atoms in total. The van der Waals surface area contributed by atoms with Crippen LogP contribution >= 0.6 is 0 Å². The van der Waals surface area contributed by atoms with Gasteiger partial charge < -0.3 is 10.1 Å². The fourth-order valence-electron chi connectivity index (χ4n) is 4.04. The highest BCUT2D eigenvalue weighted by molar-refractivity contribution is 5.87. The van der Waals surface area contributed by atoms with Gasteiger partial charge in [0, 0.05) is 24.9 Å². The number of rotatable bonds is 5. The number of aromatic nitrogens is 7. The van der Waals surface area contributed by atoms with Gasteiger partial charge in [-0.25, -0.2) is 19.0 Å². The lowest BCUT2D eigenvalue weighted by molar-refractivity contribution is 0.223. The van der Waals surface area contributed by atoms with E-state index in [9.17, 15) is 4.39 Å². The van der Waals surface area contributed by atoms with Gasteiger partial charge in [-0.2, -0.15) is 5.10 Å². The number of halogens is 1. The monoisotopic (exact) mass is 442 g/mol. The van der Waals surface area contributed by atoms with Crippen molar-refractivity contribution in [2.45, 2.75) is 12.5 Å². The van der Waals surface area contributed by atoms with E-state index in [2.05, 4.69) is 30.7 Å². The first-order chi connectivity index (χ1) is 16.1. The second kappa shape index (κ2) is 7.66. The summed E-state index contributed by atoms with van der Waals surface area (Å²) in [5.41, 5.74) is 4.19. The highest BCUT2D eigenvalue weighted by Crippen LogP contribution is 2.36. The highest BCUT2D eigenvalue weighted by atomic mass is 19.1. The summed E-state index contributed by atoms with van der Waals surface area (Å²) >= 11 is 0. The van der Waals surface area contributed by atoms with Gasteiger partial charge in [-0.05, 0) is 42.3 Å². The van der Waals surface area contributed by atoms with Crippen molar-refractivity contribution in [3.05, 3.63) is 72.3 Å². The molecule has 1 aliphatic heterocycles. The molecule has 3 aromatic heterocycles. The fraction of sp³-hybridized carbons (Fsp3) is 0.174. The van der Waals surface area contributed by atoms with Crippen molar-refractivity contribution < 1.29 is 9.13 Å². The summed E-state index contributed by atoms with van der Waals surface area (Å²) in [5.74, 6) is 1.72. The van der Waals surface area contributed by atoms with Crippen LogP contribution in [-0.2, 0) is 13.5 Å². The first-order valence-electron chi connectivity index (χ1n) is 10.5. The van der Waals surface area contributed by atoms with Gasteiger partial charge in [-0.3, -0.25) is 4.68 Å². The van der Waals surface area contributed by atoms with E-state index in [0.29, 0.717) is 24.7 Å². The quantitative estimate of drug-likeness (QED) is 0.444. The average Bonchev–Trinajstić information content (AvgIpc) is 3.44. The maximum atomic E-state index is 13.2. The van der Waals surface area contributed by atoms with Crippen molar-refractivity contribution in [1.29, 1.82) is 0 Å². The highest BCUT2D eigenvalue weighted by Gasteiger charge is 2.26. The Bertz CT molecular complexity index is 1460. The van der Waals surface area contributed by atoms with Crippen LogP contribution in [0, 0.1) is 5.82 Å². The Morgan fingerprint density at radius 2 is 2.00 bits per heavy atom. The Kier molecular flexibility index (Phi) is 4.49. The first kappa shape index (κ1) is 19.4. The smallest absolute Gasteiger partial charge is 0.228 e. The Morgan fingerprint density at radius 1 is 1.12 bits per heavy atom. The van der Waals surface area contributed by atoms with Crippen LogP contribution in [0.3, 0.4) is 0 Å². The Labute approximate surface area is 187 Å². The number of benzene rings is 2. The number of hydrogen-bond donors (Lipinski definition) is 1. The number of nitrogens with one attached hydrogen (secondary N) is 1. The summed E-state index contributed by atoms with van der Waals surface area (Å²) in [5, 5.41) is 16.1. The molecule has 33 heavy (non-hydrogen) atoms. The number of hydrogen-bond acceptors (Lipinski definition) is 7. The molecular weight excluding hydrogens is 423 g/mol. The van der Waals surface area contributed by atoms with Crippen LogP contribution in [0.4, 0.5) is 16.2 Å². The maximum absolute atomic E-state index is 13.2. The third-order valence-electron chi connectivity index (χ3n) is 5.71. The van der Waals surface area contributed by atoms with Crippen LogP contribution in [-0.4, -0.2) is 41.3 Å². The SMILES string of the molecule is Cn1nccc1Nc1nccc(-c2cc3c4c(c2)nnn4C(Cc2ccc(F)cc2)CO3)n1. The summed E-state index contributed by atoms with van der Waals surface area (Å²) in [6.45, 7) is 0.448. The van der Waals surface area contributed by atoms with Crippen LogP contribution in [0.15, 0.2) is 60.9 Å². The van der Waals surface area contributed by atoms with Crippen LogP contribution in [0.2, 0.25) is 0 Å². The summed E-state index contributed by atoms with van der Waals surface area (Å²) in [4.78, 5) is 8.95. The van der Waals surface area contributed by atoms with Crippen LogP contribution in [0.1, 0.15) is 11.6 Å². The molecule has 2 aromatic carbocycles. The standard InChI is InChI=1S/C23H19FN8O/c1-31-21(7-9-26-31)28-23-25-8-6-18(27-23)15-11-19-22-20(12-15)33-13-17(32(22)30-29-19)10-14-2-4-16(24)5-3-14/h2-9,11-12,17H,10,13H2,1H3,(H,25,27,28). The third-order valence-corrected chi connectivity index (χ3v) is 5.71. The van der Waals surface area contributed by atoms with Crippen molar-refractivity contribution in [3.8, 4) is 17.0 Å². The van der Waals surface area contributed by atoms with Crippen molar-refractivity contribution in [1.82, 2.24) is 34.7 Å². The zero-order chi connectivity index (χ0) is 22.4. The lowest BCUT2D eigenvalue weighted by atomic mass is 10.0. The van der Waals surface area contributed by atoms with Gasteiger partial charge in [0.2, 0.25) is 5.95 Å². The van der Waals surface area contributed by atoms with Gasteiger partial charge >= 0.3 is 0 Å². The van der Waals surface area contributed by atoms with E-state index in [0.717, 1.165) is 33.7 Å². The molecule has 0 fully saturated rings. The van der Waals surface area contributed by atoms with E-state index in [-0.39, 0.29) is 11.9 Å². The van der Waals surface area contributed by atoms with Gasteiger partial charge in [-0.15, -0.1) is 5.10 Å². The van der Waals surface area contributed by atoms with E-state index < -0.39 is 0 Å². The van der Waals surface area contributed by atoms with E-state index in [1.165, 1.54) is 12.1 Å². The first-order valence-corrected chi connectivity index (χ1v) is 10.5. The maximum Gasteiger partial charge on any atom is 0.228 e. The van der Waals surface area contributed by atoms with Gasteiger partial charge in [0.25, 0.3) is 0 Å². The summed E-state index contributed by atoms with van der Waals surface area (Å²) in [7, 11) is 1.84. The Hall–Kier alpha value is -4.34. The lowest BCUT2D eigenvalue weighted by Gasteiger charge is -2.24. The molecule has 1 aliphatic rings. The Morgan fingerprint density at radius 3 is 2.82 bits per heavy atom. The summed E-state index contributed by atoms with van der Waals surface area (Å²) < 4.78 is 23.0. The predicted molar refractivity (Wildman–Crippen MR) is 120 cm³/mol. The fourth-order valence-corrected chi connectivity index (χ4v) is 4.04. The number of aryl methyl sites for hydroxylation is 1. The molecular formula is C23H19FN8O. The zero-order valence-electron chi connectivity index (χ0n) is 17.7. The zero-order valence-corrected chi connectivity index (χ0v) is 17.7. The molecule has 0 spiro atoms. The van der Waals surface area contributed by atoms with Crippen molar-refractivity contribution in [3.63, 3.8) is 0 Å². The second-order valence-electron chi connectivity index (χ2n) is 7.90. The van der Waals surface area contributed by atoms with E-state index in [4.69, 9.17) is 4.74 Å². The van der Waals surface area contributed by atoms with Crippen molar-refractivity contribution >= 4 is 22.8 Å². The normalized spacial score (nSPS) is 14.9. The molecule has 0 saturated heterocycles. The lowest BCUT2D eigenvalue weighted by Crippen LogP contribution is -2.25. The Balaban J connectivity index is 1.32. The predicted octanol–water partition coefficient (Wildman–Crippen LogP) is 3.68. The summed E-state index contributed by atoms with van der Waals surface area (Å²) in [6, 6.07) is 14.1. The van der Waals surface area contributed by atoms with Crippen molar-refractivity contribution in [2.24, 2.45) is 7.05 Å². The third kappa shape index (κ3) is 3.55. The average molecular weight is 442 g/mol. The summed E-state index contributed by atoms with van der Waals surface area (Å²) in [6.07, 6.45) is 4.08. The molecule has 164 valence electrons. The molecule has 10 heteroatoms. The van der Waals surface area contributed by atoms with Gasteiger partial charge in [-0.1, -0.05) is 17.3 Å². The van der Waals surface area contributed by atoms with Crippen molar-refractivity contribution in [2.75, 3.05) is 11.9 Å². The number of ether oxygens (including phenoxy) is 1. The van der Waals surface area contributed by atoms with Gasteiger partial charge in [0.05, 0.1) is 17.9 Å². The molecule has 1 atom stereocenters. The van der Waals surface area contributed by atoms with Gasteiger partial charge in [0.15, 0.2) is 0 Å². The molecule has 4 heterocycles. The molecule has 1 unspecified atom stereocenters. The molecule has 0 radical (unpaired) electrons. The molecule has 6 rings (SSSR count). The van der Waals surface area contributed by atoms with Crippen LogP contribution in [0.25, 0.3) is 22.3 Å².